The SMILES string of the molecule is CCCNC(C)CC.CCc1ccc(O)c(NC=O)c1. The van der Waals surface area contributed by atoms with Crippen molar-refractivity contribution in [3.05, 3.63) is 23.8 Å². The van der Waals surface area contributed by atoms with E-state index in [9.17, 15) is 9.90 Å². The number of aromatic hydroxyl groups is 1. The lowest BCUT2D eigenvalue weighted by Crippen LogP contribution is -2.25. The van der Waals surface area contributed by atoms with Crippen LogP contribution < -0.4 is 10.6 Å². The molecule has 0 saturated carbocycles. The number of hydrogen-bond acceptors (Lipinski definition) is 3. The summed E-state index contributed by atoms with van der Waals surface area (Å²) in [7, 11) is 0. The third-order valence-electron chi connectivity index (χ3n) is 3.04. The first-order valence-corrected chi connectivity index (χ1v) is 7.34. The van der Waals surface area contributed by atoms with E-state index in [1.54, 1.807) is 12.1 Å². The first-order chi connectivity index (χ1) is 9.58. The topological polar surface area (TPSA) is 61.4 Å². The molecular weight excluding hydrogens is 252 g/mol. The van der Waals surface area contributed by atoms with Crippen LogP contribution in [0.15, 0.2) is 18.2 Å². The van der Waals surface area contributed by atoms with Gasteiger partial charge in [-0.1, -0.05) is 26.8 Å². The lowest BCUT2D eigenvalue weighted by Gasteiger charge is -2.08. The maximum Gasteiger partial charge on any atom is 0.211 e. The van der Waals surface area contributed by atoms with Crippen molar-refractivity contribution in [3.63, 3.8) is 0 Å². The van der Waals surface area contributed by atoms with Gasteiger partial charge in [0, 0.05) is 6.04 Å². The Bertz CT molecular complexity index is 381. The van der Waals surface area contributed by atoms with E-state index in [0.717, 1.165) is 18.5 Å². The number of rotatable bonds is 7. The van der Waals surface area contributed by atoms with Crippen molar-refractivity contribution < 1.29 is 9.90 Å². The molecule has 0 aliphatic carbocycles. The van der Waals surface area contributed by atoms with Gasteiger partial charge >= 0.3 is 0 Å². The Kier molecular flexibility index (Phi) is 10.4. The fourth-order valence-corrected chi connectivity index (χ4v) is 1.52. The van der Waals surface area contributed by atoms with E-state index >= 15 is 0 Å². The fraction of sp³-hybridized carbons (Fsp3) is 0.562. The van der Waals surface area contributed by atoms with Gasteiger partial charge in [0.05, 0.1) is 5.69 Å². The highest BCUT2D eigenvalue weighted by molar-refractivity contribution is 5.75. The molecule has 1 aromatic rings. The number of carbonyl (C=O) groups excluding carboxylic acids is 1. The molecular formula is C16H28N2O2. The van der Waals surface area contributed by atoms with Crippen molar-refractivity contribution in [1.82, 2.24) is 5.32 Å². The molecule has 0 heterocycles. The van der Waals surface area contributed by atoms with Crippen LogP contribution in [0.3, 0.4) is 0 Å². The van der Waals surface area contributed by atoms with Crippen LogP contribution in [0.25, 0.3) is 0 Å². The van der Waals surface area contributed by atoms with Gasteiger partial charge in [0.1, 0.15) is 5.75 Å². The second-order valence-corrected chi connectivity index (χ2v) is 4.73. The van der Waals surface area contributed by atoms with Crippen molar-refractivity contribution in [2.24, 2.45) is 0 Å². The molecule has 20 heavy (non-hydrogen) atoms. The van der Waals surface area contributed by atoms with Gasteiger partial charge in [-0.05, 0) is 50.4 Å². The highest BCUT2D eigenvalue weighted by atomic mass is 16.3. The summed E-state index contributed by atoms with van der Waals surface area (Å²) in [6.07, 6.45) is 3.91. The van der Waals surface area contributed by atoms with Crippen molar-refractivity contribution in [3.8, 4) is 5.75 Å². The number of hydrogen-bond donors (Lipinski definition) is 3. The average molecular weight is 280 g/mol. The molecule has 0 spiro atoms. The van der Waals surface area contributed by atoms with Crippen LogP contribution in [0.4, 0.5) is 5.69 Å². The molecule has 114 valence electrons. The highest BCUT2D eigenvalue weighted by Crippen LogP contribution is 2.23. The van der Waals surface area contributed by atoms with Crippen molar-refractivity contribution in [1.29, 1.82) is 0 Å². The number of amides is 1. The minimum atomic E-state index is 0.0966. The molecule has 0 aliphatic rings. The molecule has 1 rings (SSSR count). The summed E-state index contributed by atoms with van der Waals surface area (Å²) in [5, 5.41) is 15.0. The van der Waals surface area contributed by atoms with Crippen LogP contribution >= 0.6 is 0 Å². The lowest BCUT2D eigenvalue weighted by atomic mass is 10.1. The van der Waals surface area contributed by atoms with E-state index in [1.807, 2.05) is 13.0 Å². The first-order valence-electron chi connectivity index (χ1n) is 7.34. The molecule has 0 bridgehead atoms. The summed E-state index contributed by atoms with van der Waals surface area (Å²) in [5.74, 6) is 0.0966. The summed E-state index contributed by atoms with van der Waals surface area (Å²) in [5.41, 5.74) is 1.54. The van der Waals surface area contributed by atoms with Gasteiger partial charge in [0.15, 0.2) is 0 Å². The van der Waals surface area contributed by atoms with Gasteiger partial charge in [0.2, 0.25) is 6.41 Å². The van der Waals surface area contributed by atoms with Gasteiger partial charge in [-0.25, -0.2) is 0 Å². The summed E-state index contributed by atoms with van der Waals surface area (Å²) in [6, 6.07) is 5.86. The number of phenols is 1. The number of nitrogens with one attached hydrogen (secondary N) is 2. The van der Waals surface area contributed by atoms with Gasteiger partial charge in [0.25, 0.3) is 0 Å². The molecule has 1 atom stereocenters. The summed E-state index contributed by atoms with van der Waals surface area (Å²) >= 11 is 0. The number of carbonyl (C=O) groups is 1. The van der Waals surface area contributed by atoms with Crippen LogP contribution in [-0.2, 0) is 11.2 Å². The summed E-state index contributed by atoms with van der Waals surface area (Å²) in [6.45, 7) is 9.78. The maximum absolute atomic E-state index is 10.1. The molecule has 3 N–H and O–H groups in total. The zero-order valence-electron chi connectivity index (χ0n) is 13.1. The lowest BCUT2D eigenvalue weighted by molar-refractivity contribution is -0.105. The number of benzene rings is 1. The van der Waals surface area contributed by atoms with Crippen molar-refractivity contribution >= 4 is 12.1 Å². The summed E-state index contributed by atoms with van der Waals surface area (Å²) < 4.78 is 0. The largest absolute Gasteiger partial charge is 0.506 e. The standard InChI is InChI=1S/C9H11NO2.C7H17N/c1-2-7-3-4-9(12)8(5-7)10-6-11;1-4-6-8-7(3)5-2/h3-6,12H,2H2,1H3,(H,10,11);7-8H,4-6H2,1-3H3. The van der Waals surface area contributed by atoms with E-state index in [1.165, 1.54) is 12.8 Å². The van der Waals surface area contributed by atoms with Crippen LogP contribution in [0, 0.1) is 0 Å². The normalized spacial score (nSPS) is 11.2. The Balaban J connectivity index is 0.000000396. The van der Waals surface area contributed by atoms with Crippen molar-refractivity contribution in [2.45, 2.75) is 53.0 Å². The average Bonchev–Trinajstić information content (AvgIpc) is 2.48. The second-order valence-electron chi connectivity index (χ2n) is 4.73. The quantitative estimate of drug-likeness (QED) is 0.530. The minimum absolute atomic E-state index is 0.0966. The molecule has 4 heteroatoms. The Hall–Kier alpha value is -1.55. The van der Waals surface area contributed by atoms with Gasteiger partial charge in [-0.3, -0.25) is 4.79 Å². The predicted molar refractivity (Wildman–Crippen MR) is 85.2 cm³/mol. The Morgan fingerprint density at radius 2 is 2.00 bits per heavy atom. The van der Waals surface area contributed by atoms with Crippen LogP contribution in [-0.4, -0.2) is 24.1 Å². The van der Waals surface area contributed by atoms with Crippen LogP contribution in [0.1, 0.15) is 46.1 Å². The second kappa shape index (κ2) is 11.3. The number of phenolic OH excluding ortho intramolecular Hbond substituents is 1. The number of aryl methyl sites for hydroxylation is 1. The molecule has 1 amide bonds. The molecule has 0 aliphatic heterocycles. The zero-order valence-corrected chi connectivity index (χ0v) is 13.1. The molecule has 0 fully saturated rings. The van der Waals surface area contributed by atoms with Crippen LogP contribution in [0.2, 0.25) is 0 Å². The predicted octanol–water partition coefficient (Wildman–Crippen LogP) is 3.31. The molecule has 0 radical (unpaired) electrons. The third kappa shape index (κ3) is 7.79. The molecule has 0 aromatic heterocycles. The monoisotopic (exact) mass is 280 g/mol. The fourth-order valence-electron chi connectivity index (χ4n) is 1.52. The van der Waals surface area contributed by atoms with E-state index < -0.39 is 0 Å². The first kappa shape index (κ1) is 18.4. The van der Waals surface area contributed by atoms with Gasteiger partial charge in [-0.2, -0.15) is 0 Å². The van der Waals surface area contributed by atoms with Gasteiger partial charge in [-0.15, -0.1) is 0 Å². The van der Waals surface area contributed by atoms with E-state index in [4.69, 9.17) is 0 Å². The molecule has 1 aromatic carbocycles. The zero-order chi connectivity index (χ0) is 15.4. The number of anilines is 1. The van der Waals surface area contributed by atoms with Crippen molar-refractivity contribution in [2.75, 3.05) is 11.9 Å². The van der Waals surface area contributed by atoms with E-state index in [-0.39, 0.29) is 5.75 Å². The Morgan fingerprint density at radius 3 is 2.50 bits per heavy atom. The van der Waals surface area contributed by atoms with E-state index in [2.05, 4.69) is 31.4 Å². The Labute approximate surface area is 122 Å². The smallest absolute Gasteiger partial charge is 0.211 e. The minimum Gasteiger partial charge on any atom is -0.506 e. The molecule has 0 saturated heterocycles. The molecule has 1 unspecified atom stereocenters. The maximum atomic E-state index is 10.1. The van der Waals surface area contributed by atoms with Gasteiger partial charge < -0.3 is 15.7 Å². The summed E-state index contributed by atoms with van der Waals surface area (Å²) in [4.78, 5) is 10.1. The Morgan fingerprint density at radius 1 is 1.30 bits per heavy atom. The van der Waals surface area contributed by atoms with Crippen LogP contribution in [0.5, 0.6) is 5.75 Å². The molecule has 4 nitrogen and oxygen atoms in total. The third-order valence-corrected chi connectivity index (χ3v) is 3.04. The highest BCUT2D eigenvalue weighted by Gasteiger charge is 1.99. The van der Waals surface area contributed by atoms with E-state index in [0.29, 0.717) is 18.1 Å².